The van der Waals surface area contributed by atoms with E-state index >= 15 is 0 Å². The van der Waals surface area contributed by atoms with Gasteiger partial charge in [0.1, 0.15) is 11.5 Å². The van der Waals surface area contributed by atoms with E-state index in [-0.39, 0.29) is 11.2 Å². The molecule has 2 aromatic rings. The van der Waals surface area contributed by atoms with Crippen molar-refractivity contribution in [2.24, 2.45) is 0 Å². The quantitative estimate of drug-likeness (QED) is 0.888. The van der Waals surface area contributed by atoms with Crippen molar-refractivity contribution in [3.8, 4) is 0 Å². The van der Waals surface area contributed by atoms with E-state index in [1.807, 2.05) is 27.7 Å². The topological polar surface area (TPSA) is 37.5 Å². The average Bonchev–Trinajstić information content (AvgIpc) is 2.66. The fourth-order valence-corrected chi connectivity index (χ4v) is 2.10. The number of hydrogen-bond donors (Lipinski definition) is 1. The molecule has 0 amide bonds. The number of fused-ring (bicyclic) bond motifs is 1. The Morgan fingerprint density at radius 2 is 2.06 bits per heavy atom. The second kappa shape index (κ2) is 4.35. The van der Waals surface area contributed by atoms with Gasteiger partial charge in [0, 0.05) is 11.6 Å². The zero-order chi connectivity index (χ0) is 13.5. The summed E-state index contributed by atoms with van der Waals surface area (Å²) >= 11 is 0. The number of nitrogens with zero attached hydrogens (tertiary/aromatic N) is 2. The summed E-state index contributed by atoms with van der Waals surface area (Å²) in [5.74, 6) is -0.329. The molecule has 2 rings (SSSR count). The molecule has 1 atom stereocenters. The van der Waals surface area contributed by atoms with Crippen LogP contribution in [0.4, 0.5) is 4.39 Å². The highest BCUT2D eigenvalue weighted by Gasteiger charge is 2.27. The van der Waals surface area contributed by atoms with Crippen LogP contribution in [-0.4, -0.2) is 14.5 Å². The number of imidazole rings is 1. The van der Waals surface area contributed by atoms with Crippen LogP contribution in [0.2, 0.25) is 0 Å². The van der Waals surface area contributed by atoms with Crippen LogP contribution >= 0.6 is 0 Å². The van der Waals surface area contributed by atoms with Crippen molar-refractivity contribution < 1.29 is 9.50 Å². The van der Waals surface area contributed by atoms with Crippen LogP contribution in [0.15, 0.2) is 18.3 Å². The van der Waals surface area contributed by atoms with Crippen molar-refractivity contribution in [1.82, 2.24) is 9.38 Å². The normalized spacial score (nSPS) is 14.1. The number of halogens is 1. The highest BCUT2D eigenvalue weighted by molar-refractivity contribution is 5.45. The van der Waals surface area contributed by atoms with Crippen molar-refractivity contribution >= 4 is 5.65 Å². The van der Waals surface area contributed by atoms with Gasteiger partial charge in [-0.25, -0.2) is 9.37 Å². The highest BCUT2D eigenvalue weighted by atomic mass is 19.1. The molecule has 0 fully saturated rings. The minimum absolute atomic E-state index is 0.187. The smallest absolute Gasteiger partial charge is 0.139 e. The van der Waals surface area contributed by atoms with E-state index in [1.54, 1.807) is 10.5 Å². The molecule has 2 aromatic heterocycles. The van der Waals surface area contributed by atoms with Crippen LogP contribution in [0.25, 0.3) is 5.65 Å². The molecule has 4 heteroatoms. The SMILES string of the molecule is CCC(O)c1c(C(C)(C)C)nc2ccc(F)cn12. The fourth-order valence-electron chi connectivity index (χ4n) is 2.10. The molecule has 0 radical (unpaired) electrons. The van der Waals surface area contributed by atoms with Crippen LogP contribution in [0.5, 0.6) is 0 Å². The molecule has 0 bridgehead atoms. The van der Waals surface area contributed by atoms with Crippen molar-refractivity contribution in [3.05, 3.63) is 35.5 Å². The lowest BCUT2D eigenvalue weighted by molar-refractivity contribution is 0.165. The second-order valence-electron chi connectivity index (χ2n) is 5.60. The summed E-state index contributed by atoms with van der Waals surface area (Å²) in [6.07, 6.45) is 1.33. The van der Waals surface area contributed by atoms with Gasteiger partial charge in [0.05, 0.1) is 17.5 Å². The zero-order valence-corrected chi connectivity index (χ0v) is 11.2. The van der Waals surface area contributed by atoms with E-state index < -0.39 is 6.10 Å². The first kappa shape index (κ1) is 13.0. The summed E-state index contributed by atoms with van der Waals surface area (Å²) in [5, 5.41) is 10.2. The number of aliphatic hydroxyl groups is 1. The van der Waals surface area contributed by atoms with Gasteiger partial charge in [-0.2, -0.15) is 0 Å². The monoisotopic (exact) mass is 250 g/mol. The molecule has 0 aliphatic rings. The molecule has 0 aliphatic heterocycles. The summed E-state index contributed by atoms with van der Waals surface area (Å²) in [6.45, 7) is 8.01. The predicted octanol–water partition coefficient (Wildman–Crippen LogP) is 3.21. The molecule has 0 spiro atoms. The van der Waals surface area contributed by atoms with Gasteiger partial charge in [0.2, 0.25) is 0 Å². The maximum Gasteiger partial charge on any atom is 0.139 e. The van der Waals surface area contributed by atoms with E-state index in [0.717, 1.165) is 5.69 Å². The maximum atomic E-state index is 13.4. The minimum atomic E-state index is -0.629. The van der Waals surface area contributed by atoms with Crippen LogP contribution < -0.4 is 0 Å². The molecular formula is C14H19FN2O. The molecule has 0 saturated carbocycles. The molecule has 1 unspecified atom stereocenters. The number of aliphatic hydroxyl groups excluding tert-OH is 1. The molecule has 18 heavy (non-hydrogen) atoms. The van der Waals surface area contributed by atoms with E-state index in [1.165, 1.54) is 12.3 Å². The third-order valence-corrected chi connectivity index (χ3v) is 3.03. The lowest BCUT2D eigenvalue weighted by Gasteiger charge is -2.20. The summed E-state index contributed by atoms with van der Waals surface area (Å²) < 4.78 is 15.0. The van der Waals surface area contributed by atoms with Crippen molar-refractivity contribution in [1.29, 1.82) is 0 Å². The van der Waals surface area contributed by atoms with Gasteiger partial charge in [-0.15, -0.1) is 0 Å². The Bertz CT molecular complexity index is 569. The van der Waals surface area contributed by atoms with E-state index in [0.29, 0.717) is 17.8 Å². The first-order valence-corrected chi connectivity index (χ1v) is 6.20. The Morgan fingerprint density at radius 1 is 1.39 bits per heavy atom. The molecule has 98 valence electrons. The third kappa shape index (κ3) is 2.12. The molecule has 0 aromatic carbocycles. The van der Waals surface area contributed by atoms with E-state index in [9.17, 15) is 9.50 Å². The number of rotatable bonds is 2. The van der Waals surface area contributed by atoms with Crippen LogP contribution in [0, 0.1) is 5.82 Å². The van der Waals surface area contributed by atoms with Gasteiger partial charge in [-0.05, 0) is 18.6 Å². The summed E-state index contributed by atoms with van der Waals surface area (Å²) in [5.41, 5.74) is 2.00. The maximum absolute atomic E-state index is 13.4. The lowest BCUT2D eigenvalue weighted by atomic mass is 9.89. The summed E-state index contributed by atoms with van der Waals surface area (Å²) in [7, 11) is 0. The standard InChI is InChI=1S/C14H19FN2O/c1-5-10(18)12-13(14(2,3)4)16-11-7-6-9(15)8-17(11)12/h6-8,10,18H,5H2,1-4H3. The van der Waals surface area contributed by atoms with E-state index in [4.69, 9.17) is 0 Å². The van der Waals surface area contributed by atoms with Gasteiger partial charge < -0.3 is 5.11 Å². The Morgan fingerprint density at radius 3 is 2.61 bits per heavy atom. The zero-order valence-electron chi connectivity index (χ0n) is 11.2. The second-order valence-corrected chi connectivity index (χ2v) is 5.60. The highest BCUT2D eigenvalue weighted by Crippen LogP contribution is 2.31. The number of aromatic nitrogens is 2. The molecule has 1 N–H and O–H groups in total. The fraction of sp³-hybridized carbons (Fsp3) is 0.500. The van der Waals surface area contributed by atoms with Gasteiger partial charge in [0.25, 0.3) is 0 Å². The Balaban J connectivity index is 2.78. The number of hydrogen-bond acceptors (Lipinski definition) is 2. The molecule has 0 saturated heterocycles. The van der Waals surface area contributed by atoms with Crippen LogP contribution in [-0.2, 0) is 5.41 Å². The number of pyridine rings is 1. The first-order chi connectivity index (χ1) is 8.34. The Labute approximate surface area is 106 Å². The molecular weight excluding hydrogens is 231 g/mol. The molecule has 0 aliphatic carbocycles. The van der Waals surface area contributed by atoms with Gasteiger partial charge in [0.15, 0.2) is 0 Å². The lowest BCUT2D eigenvalue weighted by Crippen LogP contribution is -2.17. The third-order valence-electron chi connectivity index (χ3n) is 3.03. The van der Waals surface area contributed by atoms with Gasteiger partial charge >= 0.3 is 0 Å². The van der Waals surface area contributed by atoms with Crippen molar-refractivity contribution in [3.63, 3.8) is 0 Å². The molecule has 2 heterocycles. The Hall–Kier alpha value is -1.42. The van der Waals surface area contributed by atoms with Gasteiger partial charge in [-0.3, -0.25) is 4.40 Å². The van der Waals surface area contributed by atoms with E-state index in [2.05, 4.69) is 4.98 Å². The predicted molar refractivity (Wildman–Crippen MR) is 69.1 cm³/mol. The minimum Gasteiger partial charge on any atom is -0.387 e. The average molecular weight is 250 g/mol. The largest absolute Gasteiger partial charge is 0.387 e. The first-order valence-electron chi connectivity index (χ1n) is 6.20. The summed E-state index contributed by atoms with van der Waals surface area (Å²) in [6, 6.07) is 3.02. The summed E-state index contributed by atoms with van der Waals surface area (Å²) in [4.78, 5) is 4.53. The van der Waals surface area contributed by atoms with Crippen molar-refractivity contribution in [2.75, 3.05) is 0 Å². The van der Waals surface area contributed by atoms with Gasteiger partial charge in [-0.1, -0.05) is 27.7 Å². The molecule has 3 nitrogen and oxygen atoms in total. The van der Waals surface area contributed by atoms with Crippen LogP contribution in [0.1, 0.15) is 51.6 Å². The Kier molecular flexibility index (Phi) is 3.15. The van der Waals surface area contributed by atoms with Crippen molar-refractivity contribution in [2.45, 2.75) is 45.6 Å². The van der Waals surface area contributed by atoms with Crippen LogP contribution in [0.3, 0.4) is 0 Å².